The maximum atomic E-state index is 12.5. The molecule has 0 aliphatic rings. The molecule has 6 nitrogen and oxygen atoms in total. The molecular formula is C21H26N2O4. The van der Waals surface area contributed by atoms with Gasteiger partial charge in [-0.3, -0.25) is 9.59 Å². The van der Waals surface area contributed by atoms with E-state index in [0.29, 0.717) is 35.2 Å². The topological polar surface area (TPSA) is 76.7 Å². The first kappa shape index (κ1) is 20.3. The third-order valence-corrected chi connectivity index (χ3v) is 3.96. The second-order valence-electron chi connectivity index (χ2n) is 6.55. The van der Waals surface area contributed by atoms with Crippen LogP contribution >= 0.6 is 0 Å². The van der Waals surface area contributed by atoms with E-state index in [1.807, 2.05) is 13.8 Å². The summed E-state index contributed by atoms with van der Waals surface area (Å²) in [5, 5.41) is 5.69. The molecule has 0 spiro atoms. The van der Waals surface area contributed by atoms with Crippen molar-refractivity contribution >= 4 is 17.5 Å². The second kappa shape index (κ2) is 9.62. The molecule has 2 amide bonds. The molecule has 2 aromatic rings. The number of methoxy groups -OCH3 is 2. The molecule has 0 saturated carbocycles. The van der Waals surface area contributed by atoms with Crippen LogP contribution in [-0.4, -0.2) is 32.6 Å². The van der Waals surface area contributed by atoms with Crippen molar-refractivity contribution in [3.8, 4) is 11.5 Å². The van der Waals surface area contributed by atoms with Crippen LogP contribution in [0.3, 0.4) is 0 Å². The zero-order valence-corrected chi connectivity index (χ0v) is 16.2. The average Bonchev–Trinajstić information content (AvgIpc) is 2.66. The number of rotatable bonds is 8. The molecule has 144 valence electrons. The van der Waals surface area contributed by atoms with Gasteiger partial charge in [0.05, 0.1) is 31.9 Å². The Morgan fingerprint density at radius 1 is 1.04 bits per heavy atom. The molecule has 0 radical (unpaired) electrons. The molecule has 0 unspecified atom stereocenters. The summed E-state index contributed by atoms with van der Waals surface area (Å²) >= 11 is 0. The quantitative estimate of drug-likeness (QED) is 0.748. The smallest absolute Gasteiger partial charge is 0.253 e. The Labute approximate surface area is 159 Å². The molecule has 2 rings (SSSR count). The number of carbonyl (C=O) groups excluding carboxylic acids is 2. The lowest BCUT2D eigenvalue weighted by Crippen LogP contribution is -2.28. The molecule has 0 bridgehead atoms. The number of anilines is 1. The SMILES string of the molecule is COc1ccc(CC(=O)Nc2ccccc2C(=O)NCC(C)C)c(OC)c1. The number of carbonyl (C=O) groups is 2. The van der Waals surface area contributed by atoms with Crippen molar-refractivity contribution in [2.75, 3.05) is 26.1 Å². The summed E-state index contributed by atoms with van der Waals surface area (Å²) in [6, 6.07) is 12.3. The molecule has 0 fully saturated rings. The summed E-state index contributed by atoms with van der Waals surface area (Å²) in [5.74, 6) is 1.14. The highest BCUT2D eigenvalue weighted by molar-refractivity contribution is 6.04. The van der Waals surface area contributed by atoms with Crippen LogP contribution in [0, 0.1) is 5.92 Å². The summed E-state index contributed by atoms with van der Waals surface area (Å²) in [5.41, 5.74) is 1.65. The molecular weight excluding hydrogens is 344 g/mol. The Balaban J connectivity index is 2.11. The van der Waals surface area contributed by atoms with Gasteiger partial charge in [0, 0.05) is 18.2 Å². The monoisotopic (exact) mass is 370 g/mol. The summed E-state index contributed by atoms with van der Waals surface area (Å²) in [7, 11) is 3.12. The molecule has 27 heavy (non-hydrogen) atoms. The van der Waals surface area contributed by atoms with Gasteiger partial charge in [-0.25, -0.2) is 0 Å². The minimum Gasteiger partial charge on any atom is -0.497 e. The lowest BCUT2D eigenvalue weighted by atomic mass is 10.1. The number of ether oxygens (including phenoxy) is 2. The molecule has 0 heterocycles. The van der Waals surface area contributed by atoms with E-state index in [1.54, 1.807) is 56.7 Å². The molecule has 0 saturated heterocycles. The predicted molar refractivity (Wildman–Crippen MR) is 105 cm³/mol. The molecule has 2 aromatic carbocycles. The highest BCUT2D eigenvalue weighted by atomic mass is 16.5. The average molecular weight is 370 g/mol. The van der Waals surface area contributed by atoms with Gasteiger partial charge in [0.2, 0.25) is 5.91 Å². The van der Waals surface area contributed by atoms with E-state index in [0.717, 1.165) is 5.56 Å². The Kier molecular flexibility index (Phi) is 7.23. The van der Waals surface area contributed by atoms with Gasteiger partial charge in [-0.15, -0.1) is 0 Å². The lowest BCUT2D eigenvalue weighted by molar-refractivity contribution is -0.115. The highest BCUT2D eigenvalue weighted by Crippen LogP contribution is 2.25. The zero-order valence-electron chi connectivity index (χ0n) is 16.2. The first-order chi connectivity index (χ1) is 12.9. The maximum absolute atomic E-state index is 12.5. The Morgan fingerprint density at radius 3 is 2.44 bits per heavy atom. The van der Waals surface area contributed by atoms with E-state index in [1.165, 1.54) is 0 Å². The maximum Gasteiger partial charge on any atom is 0.253 e. The van der Waals surface area contributed by atoms with Crippen LogP contribution in [0.2, 0.25) is 0 Å². The first-order valence-electron chi connectivity index (χ1n) is 8.82. The van der Waals surface area contributed by atoms with Gasteiger partial charge in [0.15, 0.2) is 0 Å². The van der Waals surface area contributed by atoms with Crippen LogP contribution in [0.5, 0.6) is 11.5 Å². The van der Waals surface area contributed by atoms with Gasteiger partial charge in [0.25, 0.3) is 5.91 Å². The van der Waals surface area contributed by atoms with Crippen molar-refractivity contribution in [3.63, 3.8) is 0 Å². The van der Waals surface area contributed by atoms with Crippen LogP contribution in [0.25, 0.3) is 0 Å². The van der Waals surface area contributed by atoms with Crippen LogP contribution < -0.4 is 20.1 Å². The van der Waals surface area contributed by atoms with Crippen LogP contribution in [0.1, 0.15) is 29.8 Å². The van der Waals surface area contributed by atoms with Gasteiger partial charge >= 0.3 is 0 Å². The Hall–Kier alpha value is -3.02. The number of nitrogens with one attached hydrogen (secondary N) is 2. The minimum atomic E-state index is -0.234. The fraction of sp³-hybridized carbons (Fsp3) is 0.333. The first-order valence-corrected chi connectivity index (χ1v) is 8.82. The molecule has 0 aliphatic heterocycles. The van der Waals surface area contributed by atoms with Crippen molar-refractivity contribution in [2.45, 2.75) is 20.3 Å². The van der Waals surface area contributed by atoms with Gasteiger partial charge in [-0.05, 0) is 24.1 Å². The van der Waals surface area contributed by atoms with Crippen molar-refractivity contribution < 1.29 is 19.1 Å². The molecule has 0 aliphatic carbocycles. The molecule has 6 heteroatoms. The van der Waals surface area contributed by atoms with Crippen molar-refractivity contribution in [1.29, 1.82) is 0 Å². The molecule has 2 N–H and O–H groups in total. The third-order valence-electron chi connectivity index (χ3n) is 3.96. The van der Waals surface area contributed by atoms with E-state index in [4.69, 9.17) is 9.47 Å². The van der Waals surface area contributed by atoms with Crippen LogP contribution in [-0.2, 0) is 11.2 Å². The summed E-state index contributed by atoms with van der Waals surface area (Å²) in [4.78, 5) is 24.9. The Bertz CT molecular complexity index is 803. The predicted octanol–water partition coefficient (Wildman–Crippen LogP) is 3.27. The highest BCUT2D eigenvalue weighted by Gasteiger charge is 2.15. The van der Waals surface area contributed by atoms with Crippen LogP contribution in [0.15, 0.2) is 42.5 Å². The minimum absolute atomic E-state index is 0.120. The standard InChI is InChI=1S/C21H26N2O4/c1-14(2)13-22-21(25)17-7-5-6-8-18(17)23-20(24)11-15-9-10-16(26-3)12-19(15)27-4/h5-10,12,14H,11,13H2,1-4H3,(H,22,25)(H,23,24). The number of hydrogen-bond donors (Lipinski definition) is 2. The summed E-state index contributed by atoms with van der Waals surface area (Å²) < 4.78 is 10.5. The zero-order chi connectivity index (χ0) is 19.8. The van der Waals surface area contributed by atoms with Crippen molar-refractivity contribution in [1.82, 2.24) is 5.32 Å². The van der Waals surface area contributed by atoms with Crippen LogP contribution in [0.4, 0.5) is 5.69 Å². The van der Waals surface area contributed by atoms with E-state index < -0.39 is 0 Å². The fourth-order valence-corrected chi connectivity index (χ4v) is 2.55. The summed E-state index contributed by atoms with van der Waals surface area (Å²) in [6.45, 7) is 4.62. The van der Waals surface area contributed by atoms with Crippen molar-refractivity contribution in [3.05, 3.63) is 53.6 Å². The molecule has 0 atom stereocenters. The largest absolute Gasteiger partial charge is 0.497 e. The van der Waals surface area contributed by atoms with E-state index in [9.17, 15) is 9.59 Å². The van der Waals surface area contributed by atoms with E-state index in [-0.39, 0.29) is 18.2 Å². The molecule has 0 aromatic heterocycles. The number of para-hydroxylation sites is 1. The van der Waals surface area contributed by atoms with E-state index >= 15 is 0 Å². The third kappa shape index (κ3) is 5.74. The number of hydrogen-bond acceptors (Lipinski definition) is 4. The summed E-state index contributed by atoms with van der Waals surface area (Å²) in [6.07, 6.45) is 0.120. The van der Waals surface area contributed by atoms with Gasteiger partial charge in [-0.2, -0.15) is 0 Å². The normalized spacial score (nSPS) is 10.4. The van der Waals surface area contributed by atoms with Gasteiger partial charge in [0.1, 0.15) is 11.5 Å². The van der Waals surface area contributed by atoms with E-state index in [2.05, 4.69) is 10.6 Å². The Morgan fingerprint density at radius 2 is 1.78 bits per heavy atom. The second-order valence-corrected chi connectivity index (χ2v) is 6.55. The van der Waals surface area contributed by atoms with Gasteiger partial charge < -0.3 is 20.1 Å². The lowest BCUT2D eigenvalue weighted by Gasteiger charge is -2.13. The number of benzene rings is 2. The number of amides is 2. The van der Waals surface area contributed by atoms with Crippen molar-refractivity contribution in [2.24, 2.45) is 5.92 Å². The van der Waals surface area contributed by atoms with Gasteiger partial charge in [-0.1, -0.05) is 32.0 Å². The fourth-order valence-electron chi connectivity index (χ4n) is 2.55.